The highest BCUT2D eigenvalue weighted by atomic mass is 16.5. The maximum absolute atomic E-state index is 11.4. The number of hydrogen-bond donors (Lipinski definition) is 1. The van der Waals surface area contributed by atoms with E-state index < -0.39 is 0 Å². The van der Waals surface area contributed by atoms with E-state index in [9.17, 15) is 4.79 Å². The number of amides is 1. The molecule has 0 aromatic heterocycles. The van der Waals surface area contributed by atoms with E-state index in [1.54, 1.807) is 0 Å². The van der Waals surface area contributed by atoms with E-state index in [0.29, 0.717) is 0 Å². The molecule has 1 aromatic carbocycles. The van der Waals surface area contributed by atoms with Crippen molar-refractivity contribution < 1.29 is 14.3 Å². The second kappa shape index (κ2) is 7.01. The Morgan fingerprint density at radius 1 is 1.22 bits per heavy atom. The van der Waals surface area contributed by atoms with E-state index in [0.717, 1.165) is 11.3 Å². The first-order chi connectivity index (χ1) is 8.52. The minimum atomic E-state index is -0.118. The van der Waals surface area contributed by atoms with Crippen molar-refractivity contribution in [2.45, 2.75) is 32.9 Å². The standard InChI is InChI=1S/C14H21NO3/c1-10(2)18-13-7-5-12(6-8-13)11(3)15-14(16)9-17-4/h5-8,10-11H,9H2,1-4H3,(H,15,16). The summed E-state index contributed by atoms with van der Waals surface area (Å²) in [6.07, 6.45) is 0.162. The fourth-order valence-electron chi connectivity index (χ4n) is 1.60. The van der Waals surface area contributed by atoms with E-state index in [4.69, 9.17) is 9.47 Å². The molecule has 0 spiro atoms. The van der Waals surface area contributed by atoms with Crippen LogP contribution in [0.4, 0.5) is 0 Å². The summed E-state index contributed by atoms with van der Waals surface area (Å²) < 4.78 is 10.3. The third-order valence-corrected chi connectivity index (χ3v) is 2.40. The van der Waals surface area contributed by atoms with Crippen molar-refractivity contribution in [2.75, 3.05) is 13.7 Å². The zero-order valence-corrected chi connectivity index (χ0v) is 11.4. The lowest BCUT2D eigenvalue weighted by Gasteiger charge is -2.15. The number of rotatable bonds is 6. The Hall–Kier alpha value is -1.55. The molecule has 0 aliphatic rings. The van der Waals surface area contributed by atoms with Gasteiger partial charge in [-0.05, 0) is 38.5 Å². The summed E-state index contributed by atoms with van der Waals surface area (Å²) in [7, 11) is 1.50. The van der Waals surface area contributed by atoms with Crippen LogP contribution in [-0.2, 0) is 9.53 Å². The monoisotopic (exact) mass is 251 g/mol. The van der Waals surface area contributed by atoms with E-state index in [1.807, 2.05) is 45.0 Å². The van der Waals surface area contributed by atoms with Gasteiger partial charge in [-0.2, -0.15) is 0 Å². The van der Waals surface area contributed by atoms with Gasteiger partial charge in [-0.1, -0.05) is 12.1 Å². The number of hydrogen-bond acceptors (Lipinski definition) is 3. The Labute approximate surface area is 108 Å². The molecule has 4 nitrogen and oxygen atoms in total. The smallest absolute Gasteiger partial charge is 0.246 e. The maximum atomic E-state index is 11.4. The summed E-state index contributed by atoms with van der Waals surface area (Å²) in [5.41, 5.74) is 1.04. The number of methoxy groups -OCH3 is 1. The van der Waals surface area contributed by atoms with Crippen LogP contribution in [0, 0.1) is 0 Å². The normalized spacial score (nSPS) is 12.3. The largest absolute Gasteiger partial charge is 0.491 e. The third kappa shape index (κ3) is 4.75. The minimum Gasteiger partial charge on any atom is -0.491 e. The average Bonchev–Trinajstić information content (AvgIpc) is 2.29. The topological polar surface area (TPSA) is 47.6 Å². The van der Waals surface area contributed by atoms with Crippen molar-refractivity contribution in [1.29, 1.82) is 0 Å². The first kappa shape index (κ1) is 14.5. The lowest BCUT2D eigenvalue weighted by Crippen LogP contribution is -2.29. The molecule has 0 aliphatic heterocycles. The molecule has 0 bridgehead atoms. The maximum Gasteiger partial charge on any atom is 0.246 e. The summed E-state index contributed by atoms with van der Waals surface area (Å²) >= 11 is 0. The molecular weight excluding hydrogens is 230 g/mol. The number of benzene rings is 1. The zero-order valence-electron chi connectivity index (χ0n) is 11.4. The van der Waals surface area contributed by atoms with Gasteiger partial charge in [-0.3, -0.25) is 4.79 Å². The molecule has 1 rings (SSSR count). The van der Waals surface area contributed by atoms with E-state index >= 15 is 0 Å². The molecule has 0 saturated carbocycles. The fraction of sp³-hybridized carbons (Fsp3) is 0.500. The highest BCUT2D eigenvalue weighted by molar-refractivity contribution is 5.77. The van der Waals surface area contributed by atoms with Crippen molar-refractivity contribution in [2.24, 2.45) is 0 Å². The molecule has 1 N–H and O–H groups in total. The molecule has 0 fully saturated rings. The minimum absolute atomic E-state index is 0.0410. The van der Waals surface area contributed by atoms with Gasteiger partial charge in [0.05, 0.1) is 12.1 Å². The lowest BCUT2D eigenvalue weighted by molar-refractivity contribution is -0.125. The van der Waals surface area contributed by atoms with Crippen molar-refractivity contribution in [3.05, 3.63) is 29.8 Å². The van der Waals surface area contributed by atoms with Crippen LogP contribution in [-0.4, -0.2) is 25.7 Å². The molecule has 0 radical (unpaired) electrons. The summed E-state index contributed by atoms with van der Waals surface area (Å²) in [6.45, 7) is 5.99. The van der Waals surface area contributed by atoms with E-state index in [1.165, 1.54) is 7.11 Å². The molecule has 4 heteroatoms. The van der Waals surface area contributed by atoms with E-state index in [-0.39, 0.29) is 24.7 Å². The second-order valence-corrected chi connectivity index (χ2v) is 4.46. The average molecular weight is 251 g/mol. The van der Waals surface area contributed by atoms with Gasteiger partial charge in [0, 0.05) is 7.11 Å². The quantitative estimate of drug-likeness (QED) is 0.844. The summed E-state index contributed by atoms with van der Waals surface area (Å²) in [5.74, 6) is 0.719. The number of carbonyl (C=O) groups excluding carboxylic acids is 1. The highest BCUT2D eigenvalue weighted by Crippen LogP contribution is 2.18. The fourth-order valence-corrected chi connectivity index (χ4v) is 1.60. The Bertz CT molecular complexity index is 373. The van der Waals surface area contributed by atoms with Crippen LogP contribution in [0.2, 0.25) is 0 Å². The highest BCUT2D eigenvalue weighted by Gasteiger charge is 2.09. The number of nitrogens with one attached hydrogen (secondary N) is 1. The number of carbonyl (C=O) groups is 1. The first-order valence-corrected chi connectivity index (χ1v) is 6.08. The molecule has 100 valence electrons. The second-order valence-electron chi connectivity index (χ2n) is 4.46. The van der Waals surface area contributed by atoms with Gasteiger partial charge in [0.2, 0.25) is 5.91 Å². The summed E-state index contributed by atoms with van der Waals surface area (Å²) in [6, 6.07) is 7.69. The van der Waals surface area contributed by atoms with Crippen molar-refractivity contribution in [3.63, 3.8) is 0 Å². The molecule has 18 heavy (non-hydrogen) atoms. The van der Waals surface area contributed by atoms with Gasteiger partial charge in [-0.15, -0.1) is 0 Å². The Kier molecular flexibility index (Phi) is 5.65. The van der Waals surface area contributed by atoms with Crippen LogP contribution in [0.5, 0.6) is 5.75 Å². The van der Waals surface area contributed by atoms with Gasteiger partial charge in [-0.25, -0.2) is 0 Å². The van der Waals surface area contributed by atoms with Gasteiger partial charge in [0.15, 0.2) is 0 Å². The summed E-state index contributed by atoms with van der Waals surface area (Å²) in [4.78, 5) is 11.4. The molecule has 0 heterocycles. The Morgan fingerprint density at radius 2 is 1.83 bits per heavy atom. The molecule has 0 aliphatic carbocycles. The van der Waals surface area contributed by atoms with Crippen molar-refractivity contribution >= 4 is 5.91 Å². The Balaban J connectivity index is 2.58. The molecule has 1 amide bonds. The zero-order chi connectivity index (χ0) is 13.5. The van der Waals surface area contributed by atoms with Gasteiger partial charge >= 0.3 is 0 Å². The molecular formula is C14H21NO3. The van der Waals surface area contributed by atoms with Crippen molar-refractivity contribution in [1.82, 2.24) is 5.32 Å². The molecule has 1 aromatic rings. The lowest BCUT2D eigenvalue weighted by atomic mass is 10.1. The van der Waals surface area contributed by atoms with Gasteiger partial charge in [0.25, 0.3) is 0 Å². The predicted octanol–water partition coefficient (Wildman–Crippen LogP) is 2.30. The van der Waals surface area contributed by atoms with Crippen LogP contribution in [0.25, 0.3) is 0 Å². The van der Waals surface area contributed by atoms with Gasteiger partial charge in [0.1, 0.15) is 12.4 Å². The van der Waals surface area contributed by atoms with E-state index in [2.05, 4.69) is 5.32 Å². The predicted molar refractivity (Wildman–Crippen MR) is 70.6 cm³/mol. The molecule has 1 unspecified atom stereocenters. The van der Waals surface area contributed by atoms with Gasteiger partial charge < -0.3 is 14.8 Å². The van der Waals surface area contributed by atoms with Crippen LogP contribution in [0.3, 0.4) is 0 Å². The third-order valence-electron chi connectivity index (χ3n) is 2.40. The number of ether oxygens (including phenoxy) is 2. The molecule has 0 saturated heterocycles. The van der Waals surface area contributed by atoms with Crippen LogP contribution in [0.1, 0.15) is 32.4 Å². The van der Waals surface area contributed by atoms with Crippen LogP contribution >= 0.6 is 0 Å². The van der Waals surface area contributed by atoms with Crippen LogP contribution < -0.4 is 10.1 Å². The summed E-state index contributed by atoms with van der Waals surface area (Å²) in [5, 5.41) is 2.85. The Morgan fingerprint density at radius 3 is 2.33 bits per heavy atom. The SMILES string of the molecule is COCC(=O)NC(C)c1ccc(OC(C)C)cc1. The van der Waals surface area contributed by atoms with Crippen molar-refractivity contribution in [3.8, 4) is 5.75 Å². The molecule has 1 atom stereocenters. The first-order valence-electron chi connectivity index (χ1n) is 6.08. The van der Waals surface area contributed by atoms with Crippen LogP contribution in [0.15, 0.2) is 24.3 Å².